The first kappa shape index (κ1) is 21.2. The summed E-state index contributed by atoms with van der Waals surface area (Å²) in [6.45, 7) is 6.94. The van der Waals surface area contributed by atoms with Gasteiger partial charge in [-0.1, -0.05) is 19.9 Å². The lowest BCUT2D eigenvalue weighted by Gasteiger charge is -2.26. The van der Waals surface area contributed by atoms with Crippen LogP contribution in [0.4, 0.5) is 0 Å². The summed E-state index contributed by atoms with van der Waals surface area (Å²) in [7, 11) is 0. The number of ether oxygens (including phenoxy) is 1. The van der Waals surface area contributed by atoms with Crippen molar-refractivity contribution in [3.63, 3.8) is 0 Å². The molecule has 1 aromatic carbocycles. The van der Waals surface area contributed by atoms with E-state index in [1.54, 1.807) is 0 Å². The number of carbonyl (C=O) groups is 1. The Kier molecular flexibility index (Phi) is 9.72. The minimum atomic E-state index is -0.309. The molecule has 4 nitrogen and oxygen atoms in total. The number of halogens is 2. The van der Waals surface area contributed by atoms with E-state index in [0.29, 0.717) is 19.6 Å². The molecule has 0 spiro atoms. The van der Waals surface area contributed by atoms with Crippen LogP contribution in [-0.2, 0) is 4.79 Å². The van der Waals surface area contributed by atoms with Gasteiger partial charge in [0.1, 0.15) is 5.75 Å². The van der Waals surface area contributed by atoms with Crippen molar-refractivity contribution >= 4 is 34.2 Å². The van der Waals surface area contributed by atoms with Crippen molar-refractivity contribution in [3.8, 4) is 5.75 Å². The van der Waals surface area contributed by atoms with Crippen molar-refractivity contribution in [1.29, 1.82) is 0 Å². The van der Waals surface area contributed by atoms with Crippen molar-refractivity contribution in [2.24, 2.45) is 5.73 Å². The summed E-state index contributed by atoms with van der Waals surface area (Å²) in [5.74, 6) is 0.721. The van der Waals surface area contributed by atoms with E-state index in [1.807, 2.05) is 39.0 Å². The average molecular weight is 394 g/mol. The first-order valence-electron chi connectivity index (χ1n) is 7.34. The van der Waals surface area contributed by atoms with Crippen LogP contribution in [-0.4, -0.2) is 24.6 Å². The van der Waals surface area contributed by atoms with Crippen molar-refractivity contribution < 1.29 is 9.53 Å². The smallest absolute Gasteiger partial charge is 0.223 e. The van der Waals surface area contributed by atoms with Gasteiger partial charge in [0, 0.05) is 12.1 Å². The van der Waals surface area contributed by atoms with Crippen LogP contribution in [0.5, 0.6) is 5.75 Å². The van der Waals surface area contributed by atoms with E-state index in [9.17, 15) is 4.79 Å². The van der Waals surface area contributed by atoms with Crippen LogP contribution in [0.1, 0.15) is 38.7 Å². The number of hydrogen-bond donors (Lipinski definition) is 2. The fraction of sp³-hybridized carbons (Fsp3) is 0.562. The third-order valence-corrected chi connectivity index (χ3v) is 4.34. The molecular weight excluding hydrogens is 368 g/mol. The third-order valence-electron chi connectivity index (χ3n) is 3.72. The second-order valence-corrected chi connectivity index (χ2v) is 6.23. The summed E-state index contributed by atoms with van der Waals surface area (Å²) >= 11 is 3.45. The largest absolute Gasteiger partial charge is 0.492 e. The van der Waals surface area contributed by atoms with E-state index in [0.717, 1.165) is 28.6 Å². The van der Waals surface area contributed by atoms with Gasteiger partial charge >= 0.3 is 0 Å². The number of nitrogens with two attached hydrogens (primary N) is 1. The molecule has 126 valence electrons. The minimum absolute atomic E-state index is 0. The molecule has 0 aliphatic heterocycles. The monoisotopic (exact) mass is 392 g/mol. The molecule has 0 aliphatic rings. The number of rotatable bonds is 8. The molecule has 0 bridgehead atoms. The van der Waals surface area contributed by atoms with Gasteiger partial charge < -0.3 is 15.8 Å². The van der Waals surface area contributed by atoms with Crippen molar-refractivity contribution in [2.75, 3.05) is 13.2 Å². The normalized spacial score (nSPS) is 10.8. The lowest BCUT2D eigenvalue weighted by Crippen LogP contribution is -2.49. The number of hydrogen-bond acceptors (Lipinski definition) is 3. The molecule has 1 amide bonds. The molecule has 0 atom stereocenters. The van der Waals surface area contributed by atoms with Gasteiger partial charge in [0.15, 0.2) is 0 Å². The molecule has 22 heavy (non-hydrogen) atoms. The van der Waals surface area contributed by atoms with E-state index >= 15 is 0 Å². The Hall–Kier alpha value is -0.780. The highest BCUT2D eigenvalue weighted by Gasteiger charge is 2.20. The highest BCUT2D eigenvalue weighted by Crippen LogP contribution is 2.25. The van der Waals surface area contributed by atoms with Gasteiger partial charge in [0.2, 0.25) is 5.91 Å². The van der Waals surface area contributed by atoms with Crippen LogP contribution >= 0.6 is 28.3 Å². The van der Waals surface area contributed by atoms with Crippen LogP contribution < -0.4 is 15.8 Å². The molecule has 6 heteroatoms. The van der Waals surface area contributed by atoms with Gasteiger partial charge in [-0.3, -0.25) is 4.79 Å². The molecule has 0 fully saturated rings. The van der Waals surface area contributed by atoms with E-state index in [4.69, 9.17) is 10.5 Å². The molecule has 0 saturated heterocycles. The number of benzene rings is 1. The van der Waals surface area contributed by atoms with Crippen LogP contribution in [0, 0.1) is 6.92 Å². The maximum atomic E-state index is 11.8. The Morgan fingerprint density at radius 3 is 2.55 bits per heavy atom. The molecule has 3 N–H and O–H groups in total. The summed E-state index contributed by atoms with van der Waals surface area (Å²) in [4.78, 5) is 11.8. The quantitative estimate of drug-likeness (QED) is 0.709. The standard InChI is InChI=1S/C16H25BrN2O2.ClH/c1-4-16(18,5-2)11-19-15(20)8-9-21-14-7-6-12(3)10-13(14)17;/h6-7,10H,4-5,8-9,11,18H2,1-3H3,(H,19,20);1H. The number of carbonyl (C=O) groups excluding carboxylic acids is 1. The molecular formula is C16H26BrClN2O2. The molecule has 0 aliphatic carbocycles. The van der Waals surface area contributed by atoms with Gasteiger partial charge in [-0.25, -0.2) is 0 Å². The SMILES string of the molecule is CCC(N)(CC)CNC(=O)CCOc1ccc(C)cc1Br.Cl. The van der Waals surface area contributed by atoms with Crippen LogP contribution in [0.15, 0.2) is 22.7 Å². The fourth-order valence-corrected chi connectivity index (χ4v) is 2.45. The highest BCUT2D eigenvalue weighted by molar-refractivity contribution is 9.10. The van der Waals surface area contributed by atoms with Gasteiger partial charge in [-0.05, 0) is 53.4 Å². The summed E-state index contributed by atoms with van der Waals surface area (Å²) in [6, 6.07) is 5.86. The van der Waals surface area contributed by atoms with Gasteiger partial charge in [-0.2, -0.15) is 0 Å². The summed E-state index contributed by atoms with van der Waals surface area (Å²) in [5.41, 5.74) is 7.00. The first-order chi connectivity index (χ1) is 9.90. The maximum Gasteiger partial charge on any atom is 0.223 e. The van der Waals surface area contributed by atoms with E-state index in [1.165, 1.54) is 0 Å². The zero-order valence-corrected chi connectivity index (χ0v) is 15.9. The van der Waals surface area contributed by atoms with Gasteiger partial charge in [0.25, 0.3) is 0 Å². The van der Waals surface area contributed by atoms with E-state index in [-0.39, 0.29) is 23.9 Å². The molecule has 0 radical (unpaired) electrons. The third kappa shape index (κ3) is 6.99. The summed E-state index contributed by atoms with van der Waals surface area (Å²) in [5, 5.41) is 2.88. The lowest BCUT2D eigenvalue weighted by atomic mass is 9.94. The average Bonchev–Trinajstić information content (AvgIpc) is 2.47. The molecule has 1 aromatic rings. The zero-order valence-electron chi connectivity index (χ0n) is 13.4. The number of nitrogens with one attached hydrogen (secondary N) is 1. The Balaban J connectivity index is 0.00000441. The minimum Gasteiger partial charge on any atom is -0.492 e. The highest BCUT2D eigenvalue weighted by atomic mass is 79.9. The molecule has 0 saturated carbocycles. The predicted octanol–water partition coefficient (Wildman–Crippen LogP) is 3.58. The Bertz CT molecular complexity index is 479. The van der Waals surface area contributed by atoms with Gasteiger partial charge in [-0.15, -0.1) is 12.4 Å². The van der Waals surface area contributed by atoms with Crippen molar-refractivity contribution in [3.05, 3.63) is 28.2 Å². The number of aryl methyl sites for hydroxylation is 1. The maximum absolute atomic E-state index is 11.8. The summed E-state index contributed by atoms with van der Waals surface area (Å²) in [6.07, 6.45) is 2.01. The number of amides is 1. The van der Waals surface area contributed by atoms with Gasteiger partial charge in [0.05, 0.1) is 17.5 Å². The molecule has 0 heterocycles. The Morgan fingerprint density at radius 2 is 2.00 bits per heavy atom. The first-order valence-corrected chi connectivity index (χ1v) is 8.14. The molecule has 0 aromatic heterocycles. The van der Waals surface area contributed by atoms with Crippen LogP contribution in [0.3, 0.4) is 0 Å². The second-order valence-electron chi connectivity index (χ2n) is 5.38. The van der Waals surface area contributed by atoms with Crippen molar-refractivity contribution in [2.45, 2.75) is 45.6 Å². The zero-order chi connectivity index (χ0) is 15.9. The summed E-state index contributed by atoms with van der Waals surface area (Å²) < 4.78 is 6.51. The lowest BCUT2D eigenvalue weighted by molar-refractivity contribution is -0.121. The Morgan fingerprint density at radius 1 is 1.36 bits per heavy atom. The fourth-order valence-electron chi connectivity index (χ4n) is 1.84. The molecule has 0 unspecified atom stereocenters. The Labute approximate surface area is 147 Å². The van der Waals surface area contributed by atoms with Crippen LogP contribution in [0.2, 0.25) is 0 Å². The topological polar surface area (TPSA) is 64.3 Å². The van der Waals surface area contributed by atoms with Crippen LogP contribution in [0.25, 0.3) is 0 Å². The van der Waals surface area contributed by atoms with Crippen molar-refractivity contribution in [1.82, 2.24) is 5.32 Å². The predicted molar refractivity (Wildman–Crippen MR) is 96.7 cm³/mol. The molecule has 1 rings (SSSR count). The second kappa shape index (κ2) is 10.1. The van der Waals surface area contributed by atoms with E-state index in [2.05, 4.69) is 21.2 Å². The van der Waals surface area contributed by atoms with E-state index < -0.39 is 0 Å².